The van der Waals surface area contributed by atoms with Gasteiger partial charge in [0.25, 0.3) is 20.1 Å². The molecule has 2 aromatic rings. The third-order valence-corrected chi connectivity index (χ3v) is 7.69. The Bertz CT molecular complexity index is 1370. The Morgan fingerprint density at radius 1 is 1.16 bits per heavy atom. The summed E-state index contributed by atoms with van der Waals surface area (Å²) in [5.74, 6) is -0.450. The first-order valence-electron chi connectivity index (χ1n) is 9.95. The van der Waals surface area contributed by atoms with E-state index in [2.05, 4.69) is 10.0 Å². The van der Waals surface area contributed by atoms with E-state index in [-0.39, 0.29) is 11.4 Å². The summed E-state index contributed by atoms with van der Waals surface area (Å²) in [5.41, 5.74) is 3.14. The molecule has 0 saturated carbocycles. The van der Waals surface area contributed by atoms with Gasteiger partial charge in [-0.25, -0.2) is 8.42 Å². The quantitative estimate of drug-likeness (QED) is 0.322. The second-order valence-corrected chi connectivity index (χ2v) is 11.4. The van der Waals surface area contributed by atoms with Crippen LogP contribution in [0.4, 0.5) is 17.1 Å². The summed E-state index contributed by atoms with van der Waals surface area (Å²) in [7, 11) is -7.66. The fourth-order valence-corrected chi connectivity index (χ4v) is 5.48. The first-order chi connectivity index (χ1) is 15.0. The summed E-state index contributed by atoms with van der Waals surface area (Å²) >= 11 is 0. The number of benzene rings is 2. The molecule has 0 amide bonds. The lowest BCUT2D eigenvalue weighted by Crippen LogP contribution is -2.29. The van der Waals surface area contributed by atoms with Crippen molar-refractivity contribution >= 4 is 42.9 Å². The summed E-state index contributed by atoms with van der Waals surface area (Å²) in [4.78, 5) is 0.233. The van der Waals surface area contributed by atoms with Gasteiger partial charge >= 0.3 is 0 Å². The molecule has 0 atom stereocenters. The number of nitrogens with zero attached hydrogens (tertiary/aromatic N) is 1. The predicted molar refractivity (Wildman–Crippen MR) is 125 cm³/mol. The lowest BCUT2D eigenvalue weighted by molar-refractivity contribution is -0.432. The molecule has 8 nitrogen and oxygen atoms in total. The van der Waals surface area contributed by atoms with Crippen molar-refractivity contribution in [2.75, 3.05) is 22.3 Å². The Hall–Kier alpha value is -2.95. The van der Waals surface area contributed by atoms with Crippen LogP contribution in [0.15, 0.2) is 71.8 Å². The van der Waals surface area contributed by atoms with Crippen LogP contribution >= 0.6 is 0 Å². The van der Waals surface area contributed by atoms with Gasteiger partial charge in [0.15, 0.2) is 12.3 Å². The third-order valence-electron chi connectivity index (χ3n) is 5.59. The van der Waals surface area contributed by atoms with Gasteiger partial charge < -0.3 is 5.32 Å². The van der Waals surface area contributed by atoms with Gasteiger partial charge in [0, 0.05) is 29.6 Å². The normalized spacial score (nSPS) is 18.3. The van der Waals surface area contributed by atoms with Crippen LogP contribution in [0.5, 0.6) is 0 Å². The number of sulfonamides is 1. The summed E-state index contributed by atoms with van der Waals surface area (Å²) in [6, 6.07) is 13.0. The number of fused-ring (bicyclic) bond motifs is 2. The van der Waals surface area contributed by atoms with Gasteiger partial charge in [0.1, 0.15) is 10.6 Å². The summed E-state index contributed by atoms with van der Waals surface area (Å²) in [5, 5.41) is 3.15. The van der Waals surface area contributed by atoms with E-state index in [1.807, 2.05) is 67.0 Å². The molecule has 10 heteroatoms. The van der Waals surface area contributed by atoms with Crippen molar-refractivity contribution in [1.82, 2.24) is 0 Å². The standard InChI is InChI=1S/C22H23N3O5S2/c1-22(2)17-14-20-18(24-32(20,29)30)15-19(17)25(12-13-31(26,27)28)21(22)10-6-7-11-23-16-8-4-3-5-9-16/h3-11,14-15,24H,12-13H2,1-2H3,(H,26,27,28)/p+1. The first kappa shape index (κ1) is 22.3. The highest BCUT2D eigenvalue weighted by Crippen LogP contribution is 2.46. The minimum absolute atomic E-state index is 0.0342. The molecule has 168 valence electrons. The second-order valence-electron chi connectivity index (χ2n) is 8.15. The van der Waals surface area contributed by atoms with Crippen LogP contribution in [0, 0.1) is 0 Å². The van der Waals surface area contributed by atoms with Crippen LogP contribution < -0.4 is 10.0 Å². The van der Waals surface area contributed by atoms with Gasteiger partial charge in [-0.2, -0.15) is 13.0 Å². The van der Waals surface area contributed by atoms with Crippen LogP contribution in [-0.4, -0.2) is 44.0 Å². The highest BCUT2D eigenvalue weighted by Gasteiger charge is 2.47. The number of para-hydroxylation sites is 1. The van der Waals surface area contributed by atoms with Crippen molar-refractivity contribution in [3.8, 4) is 0 Å². The molecule has 2 aromatic carbocycles. The molecule has 0 radical (unpaired) electrons. The predicted octanol–water partition coefficient (Wildman–Crippen LogP) is 3.25. The van der Waals surface area contributed by atoms with E-state index in [1.54, 1.807) is 18.3 Å². The zero-order valence-electron chi connectivity index (χ0n) is 17.6. The first-order valence-corrected chi connectivity index (χ1v) is 13.0. The van der Waals surface area contributed by atoms with E-state index in [0.29, 0.717) is 11.4 Å². The lowest BCUT2D eigenvalue weighted by atomic mass is 9.81. The number of hydrogen-bond donors (Lipinski definition) is 3. The third kappa shape index (κ3) is 4.21. The Morgan fingerprint density at radius 2 is 1.88 bits per heavy atom. The molecular weight excluding hydrogens is 450 g/mol. The molecule has 0 bridgehead atoms. The van der Waals surface area contributed by atoms with E-state index in [0.717, 1.165) is 17.0 Å². The molecule has 2 aliphatic rings. The van der Waals surface area contributed by atoms with Crippen molar-refractivity contribution in [2.45, 2.75) is 24.2 Å². The van der Waals surface area contributed by atoms with Gasteiger partial charge in [-0.3, -0.25) is 9.27 Å². The lowest BCUT2D eigenvalue weighted by Gasteiger charge is -2.23. The van der Waals surface area contributed by atoms with E-state index in [9.17, 15) is 21.4 Å². The van der Waals surface area contributed by atoms with E-state index in [4.69, 9.17) is 0 Å². The Kier molecular flexibility index (Phi) is 5.48. The summed E-state index contributed by atoms with van der Waals surface area (Å²) in [6.45, 7) is 3.94. The monoisotopic (exact) mass is 474 g/mol. The largest absolute Gasteiger partial charge is 0.362 e. The van der Waals surface area contributed by atoms with Crippen molar-refractivity contribution in [3.05, 3.63) is 72.5 Å². The number of anilines is 2. The SMILES string of the molecule is CC1(C)C(/C=C/C=C/Nc2ccccc2)=[N+](CCS(=O)(=O)O)c2cc3c(cc21)S(=O)(=O)N3. The van der Waals surface area contributed by atoms with Crippen LogP contribution in [0.25, 0.3) is 0 Å². The minimum Gasteiger partial charge on any atom is -0.362 e. The molecule has 32 heavy (non-hydrogen) atoms. The number of nitrogens with one attached hydrogen (secondary N) is 2. The maximum absolute atomic E-state index is 12.0. The molecule has 4 rings (SSSR count). The van der Waals surface area contributed by atoms with Crippen molar-refractivity contribution in [2.24, 2.45) is 0 Å². The van der Waals surface area contributed by atoms with Crippen molar-refractivity contribution in [3.63, 3.8) is 0 Å². The maximum Gasteiger partial charge on any atom is 0.271 e. The molecule has 0 aromatic heterocycles. The number of hydrogen-bond acceptors (Lipinski definition) is 5. The molecule has 2 heterocycles. The van der Waals surface area contributed by atoms with E-state index in [1.165, 1.54) is 0 Å². The Morgan fingerprint density at radius 3 is 2.53 bits per heavy atom. The minimum atomic E-state index is -4.17. The Labute approximate surface area is 187 Å². The van der Waals surface area contributed by atoms with E-state index < -0.39 is 31.3 Å². The van der Waals surface area contributed by atoms with Crippen LogP contribution in [-0.2, 0) is 25.6 Å². The van der Waals surface area contributed by atoms with Crippen LogP contribution in [0.2, 0.25) is 0 Å². The smallest absolute Gasteiger partial charge is 0.271 e. The fraction of sp³-hybridized carbons (Fsp3) is 0.227. The average Bonchev–Trinajstić information content (AvgIpc) is 2.91. The van der Waals surface area contributed by atoms with E-state index >= 15 is 0 Å². The van der Waals surface area contributed by atoms with Gasteiger partial charge in [0.2, 0.25) is 5.69 Å². The maximum atomic E-state index is 12.0. The van der Waals surface area contributed by atoms with Crippen molar-refractivity contribution in [1.29, 1.82) is 0 Å². The molecular formula is C22H24N3O5S2+. The topological polar surface area (TPSA) is 116 Å². The molecule has 3 N–H and O–H groups in total. The van der Waals surface area contributed by atoms with Gasteiger partial charge in [0.05, 0.1) is 11.1 Å². The fourth-order valence-electron chi connectivity index (χ4n) is 3.98. The molecule has 0 spiro atoms. The summed E-state index contributed by atoms with van der Waals surface area (Å²) in [6.07, 6.45) is 7.30. The number of allylic oxidation sites excluding steroid dienone is 3. The van der Waals surface area contributed by atoms with Crippen molar-refractivity contribution < 1.29 is 26.0 Å². The molecule has 0 fully saturated rings. The van der Waals surface area contributed by atoms with Crippen LogP contribution in [0.1, 0.15) is 19.4 Å². The number of rotatable bonds is 7. The molecule has 0 aliphatic carbocycles. The summed E-state index contributed by atoms with van der Waals surface area (Å²) < 4.78 is 60.4. The van der Waals surface area contributed by atoms with Gasteiger partial charge in [-0.05, 0) is 38.1 Å². The zero-order valence-corrected chi connectivity index (χ0v) is 19.2. The molecule has 2 aliphatic heterocycles. The zero-order chi connectivity index (χ0) is 23.1. The Balaban J connectivity index is 1.68. The van der Waals surface area contributed by atoms with Crippen LogP contribution in [0.3, 0.4) is 0 Å². The van der Waals surface area contributed by atoms with Gasteiger partial charge in [-0.1, -0.05) is 24.3 Å². The highest BCUT2D eigenvalue weighted by atomic mass is 32.2. The molecule has 0 unspecified atom stereocenters. The molecule has 0 saturated heterocycles. The van der Waals surface area contributed by atoms with Gasteiger partial charge in [-0.15, -0.1) is 0 Å². The average molecular weight is 475 g/mol. The highest BCUT2D eigenvalue weighted by molar-refractivity contribution is 7.94. The second kappa shape index (κ2) is 7.88.